The molecule has 1 aromatic rings. The molecule has 1 saturated heterocycles. The summed E-state index contributed by atoms with van der Waals surface area (Å²) in [5.41, 5.74) is 1.01. The number of amides is 1. The van der Waals surface area contributed by atoms with E-state index in [1.807, 2.05) is 24.3 Å². The summed E-state index contributed by atoms with van der Waals surface area (Å²) < 4.78 is 15.4. The number of hydrogen-bond donors (Lipinski definition) is 1. The summed E-state index contributed by atoms with van der Waals surface area (Å²) in [6.07, 6.45) is 0. The lowest BCUT2D eigenvalue weighted by atomic mass is 10.0. The molecule has 24 heavy (non-hydrogen) atoms. The summed E-state index contributed by atoms with van der Waals surface area (Å²) in [6, 6.07) is 7.64. The van der Waals surface area contributed by atoms with Gasteiger partial charge in [0.1, 0.15) is 5.75 Å². The maximum absolute atomic E-state index is 11.8. The number of carbonyl (C=O) groups excluding carboxylic acids is 2. The van der Waals surface area contributed by atoms with Gasteiger partial charge in [-0.1, -0.05) is 12.1 Å². The first kappa shape index (κ1) is 18.2. The molecule has 1 N–H and O–H groups in total. The normalized spacial score (nSPS) is 16.2. The van der Waals surface area contributed by atoms with Gasteiger partial charge in [-0.3, -0.25) is 9.69 Å². The standard InChI is InChI=1S/C17H24N2O5/c1-3-24-17(21)16(20)18-12-15(19-7-9-23-10-8-19)13-5-4-6-14(11-13)22-2/h4-6,11,15H,3,7-10,12H2,1-2H3,(H,18,20). The van der Waals surface area contributed by atoms with Crippen molar-refractivity contribution in [3.63, 3.8) is 0 Å². The SMILES string of the molecule is CCOC(=O)C(=O)NCC(c1cccc(OC)c1)N1CCOCC1. The predicted octanol–water partition coefficient (Wildman–Crippen LogP) is 0.748. The maximum atomic E-state index is 11.8. The molecular weight excluding hydrogens is 312 g/mol. The average Bonchev–Trinajstić information content (AvgIpc) is 2.63. The number of carbonyl (C=O) groups is 2. The molecule has 1 fully saturated rings. The number of benzene rings is 1. The molecule has 0 radical (unpaired) electrons. The van der Waals surface area contributed by atoms with Crippen LogP contribution in [0.2, 0.25) is 0 Å². The Bertz CT molecular complexity index is 558. The van der Waals surface area contributed by atoms with E-state index < -0.39 is 11.9 Å². The lowest BCUT2D eigenvalue weighted by molar-refractivity contribution is -0.154. The zero-order valence-corrected chi connectivity index (χ0v) is 14.1. The van der Waals surface area contributed by atoms with E-state index in [4.69, 9.17) is 14.2 Å². The second-order valence-electron chi connectivity index (χ2n) is 5.37. The fourth-order valence-electron chi connectivity index (χ4n) is 2.65. The van der Waals surface area contributed by atoms with Crippen LogP contribution < -0.4 is 10.1 Å². The van der Waals surface area contributed by atoms with E-state index >= 15 is 0 Å². The molecule has 1 heterocycles. The molecule has 7 heteroatoms. The molecule has 1 amide bonds. The van der Waals surface area contributed by atoms with Crippen LogP contribution in [0.25, 0.3) is 0 Å². The Morgan fingerprint density at radius 2 is 2.08 bits per heavy atom. The van der Waals surface area contributed by atoms with Gasteiger partial charge in [0, 0.05) is 19.6 Å². The van der Waals surface area contributed by atoms with E-state index in [2.05, 4.69) is 10.2 Å². The molecule has 0 spiro atoms. The fourth-order valence-corrected chi connectivity index (χ4v) is 2.65. The highest BCUT2D eigenvalue weighted by atomic mass is 16.5. The van der Waals surface area contributed by atoms with Crippen molar-refractivity contribution in [3.8, 4) is 5.75 Å². The zero-order valence-electron chi connectivity index (χ0n) is 14.1. The molecule has 132 valence electrons. The van der Waals surface area contributed by atoms with E-state index in [1.165, 1.54) is 0 Å². The van der Waals surface area contributed by atoms with Crippen LogP contribution in [-0.2, 0) is 19.1 Å². The first-order valence-electron chi connectivity index (χ1n) is 8.06. The third kappa shape index (κ3) is 4.94. The number of morpholine rings is 1. The Morgan fingerprint density at radius 1 is 1.33 bits per heavy atom. The first-order chi connectivity index (χ1) is 11.7. The highest BCUT2D eigenvalue weighted by molar-refractivity contribution is 6.32. The van der Waals surface area contributed by atoms with Gasteiger partial charge in [-0.25, -0.2) is 4.79 Å². The van der Waals surface area contributed by atoms with Crippen molar-refractivity contribution in [2.24, 2.45) is 0 Å². The van der Waals surface area contributed by atoms with Crippen LogP contribution in [0.1, 0.15) is 18.5 Å². The average molecular weight is 336 g/mol. The van der Waals surface area contributed by atoms with E-state index in [0.717, 1.165) is 24.4 Å². The number of rotatable bonds is 6. The quantitative estimate of drug-likeness (QED) is 0.610. The van der Waals surface area contributed by atoms with Gasteiger partial charge in [-0.05, 0) is 24.6 Å². The van der Waals surface area contributed by atoms with Crippen molar-refractivity contribution in [2.45, 2.75) is 13.0 Å². The third-order valence-corrected chi connectivity index (χ3v) is 3.88. The van der Waals surface area contributed by atoms with Crippen molar-refractivity contribution < 1.29 is 23.8 Å². The van der Waals surface area contributed by atoms with Gasteiger partial charge in [0.15, 0.2) is 0 Å². The van der Waals surface area contributed by atoms with Crippen molar-refractivity contribution in [1.82, 2.24) is 10.2 Å². The van der Waals surface area contributed by atoms with E-state index in [-0.39, 0.29) is 12.6 Å². The van der Waals surface area contributed by atoms with E-state index in [1.54, 1.807) is 14.0 Å². The van der Waals surface area contributed by atoms with Gasteiger partial charge in [0.2, 0.25) is 0 Å². The monoisotopic (exact) mass is 336 g/mol. The Hall–Kier alpha value is -2.12. The van der Waals surface area contributed by atoms with Crippen LogP contribution in [0, 0.1) is 0 Å². The minimum Gasteiger partial charge on any atom is -0.497 e. The molecular formula is C17H24N2O5. The van der Waals surface area contributed by atoms with Crippen molar-refractivity contribution in [1.29, 1.82) is 0 Å². The summed E-state index contributed by atoms with van der Waals surface area (Å²) in [5, 5.41) is 2.66. The number of hydrogen-bond acceptors (Lipinski definition) is 6. The number of nitrogens with zero attached hydrogens (tertiary/aromatic N) is 1. The molecule has 0 aromatic heterocycles. The van der Waals surface area contributed by atoms with Gasteiger partial charge in [0.05, 0.1) is 33.0 Å². The number of nitrogens with one attached hydrogen (secondary N) is 1. The first-order valence-corrected chi connectivity index (χ1v) is 8.06. The smallest absolute Gasteiger partial charge is 0.396 e. The van der Waals surface area contributed by atoms with Gasteiger partial charge >= 0.3 is 11.9 Å². The van der Waals surface area contributed by atoms with Crippen LogP contribution >= 0.6 is 0 Å². The topological polar surface area (TPSA) is 77.1 Å². The van der Waals surface area contributed by atoms with Crippen LogP contribution in [0.5, 0.6) is 5.75 Å². The summed E-state index contributed by atoms with van der Waals surface area (Å²) in [4.78, 5) is 25.5. The summed E-state index contributed by atoms with van der Waals surface area (Å²) in [5.74, 6) is -0.829. The summed E-state index contributed by atoms with van der Waals surface area (Å²) in [7, 11) is 1.62. The zero-order chi connectivity index (χ0) is 17.4. The molecule has 2 rings (SSSR count). The van der Waals surface area contributed by atoms with Crippen molar-refractivity contribution in [3.05, 3.63) is 29.8 Å². The van der Waals surface area contributed by atoms with Crippen LogP contribution in [0.4, 0.5) is 0 Å². The molecule has 0 aliphatic carbocycles. The van der Waals surface area contributed by atoms with Gasteiger partial charge in [-0.15, -0.1) is 0 Å². The summed E-state index contributed by atoms with van der Waals surface area (Å²) in [6.45, 7) is 4.96. The van der Waals surface area contributed by atoms with E-state index in [9.17, 15) is 9.59 Å². The number of esters is 1. The minimum atomic E-state index is -0.858. The molecule has 1 aromatic carbocycles. The molecule has 1 unspecified atom stereocenters. The van der Waals surface area contributed by atoms with Crippen molar-refractivity contribution >= 4 is 11.9 Å². The maximum Gasteiger partial charge on any atom is 0.396 e. The predicted molar refractivity (Wildman–Crippen MR) is 87.8 cm³/mol. The van der Waals surface area contributed by atoms with Crippen molar-refractivity contribution in [2.75, 3.05) is 46.6 Å². The molecule has 7 nitrogen and oxygen atoms in total. The van der Waals surface area contributed by atoms with Gasteiger partial charge in [0.25, 0.3) is 0 Å². The van der Waals surface area contributed by atoms with Crippen LogP contribution in [0.3, 0.4) is 0 Å². The Labute approximate surface area is 141 Å². The number of methoxy groups -OCH3 is 1. The Morgan fingerprint density at radius 3 is 2.75 bits per heavy atom. The second-order valence-corrected chi connectivity index (χ2v) is 5.37. The van der Waals surface area contributed by atoms with E-state index in [0.29, 0.717) is 19.8 Å². The van der Waals surface area contributed by atoms with Crippen LogP contribution in [0.15, 0.2) is 24.3 Å². The van der Waals surface area contributed by atoms with Gasteiger partial charge in [-0.2, -0.15) is 0 Å². The highest BCUT2D eigenvalue weighted by Crippen LogP contribution is 2.24. The lowest BCUT2D eigenvalue weighted by Gasteiger charge is -2.35. The minimum absolute atomic E-state index is 0.0672. The second kappa shape index (κ2) is 9.24. The molecule has 1 aliphatic rings. The molecule has 1 aliphatic heterocycles. The Balaban J connectivity index is 2.10. The Kier molecular flexibility index (Phi) is 7.02. The largest absolute Gasteiger partial charge is 0.497 e. The van der Waals surface area contributed by atoms with Gasteiger partial charge < -0.3 is 19.5 Å². The lowest BCUT2D eigenvalue weighted by Crippen LogP contribution is -2.45. The highest BCUT2D eigenvalue weighted by Gasteiger charge is 2.25. The molecule has 0 saturated carbocycles. The summed E-state index contributed by atoms with van der Waals surface area (Å²) >= 11 is 0. The van der Waals surface area contributed by atoms with Crippen LogP contribution in [-0.4, -0.2) is 63.3 Å². The molecule has 0 bridgehead atoms. The third-order valence-electron chi connectivity index (χ3n) is 3.88. The number of ether oxygens (including phenoxy) is 3. The molecule has 1 atom stereocenters. The fraction of sp³-hybridized carbons (Fsp3) is 0.529.